The SMILES string of the molecule is OC(CNCC1CCSC1)COC1CCCCC1. The Morgan fingerprint density at radius 3 is 2.78 bits per heavy atom. The molecule has 0 aromatic heterocycles. The van der Waals surface area contributed by atoms with E-state index in [1.807, 2.05) is 11.8 Å². The zero-order valence-corrected chi connectivity index (χ0v) is 12.1. The minimum absolute atomic E-state index is 0.346. The van der Waals surface area contributed by atoms with E-state index in [4.69, 9.17) is 4.74 Å². The van der Waals surface area contributed by atoms with E-state index in [0.717, 1.165) is 12.5 Å². The van der Waals surface area contributed by atoms with Gasteiger partial charge in [0.05, 0.1) is 18.8 Å². The molecule has 3 nitrogen and oxygen atoms in total. The Balaban J connectivity index is 1.47. The Hall–Kier alpha value is 0.230. The van der Waals surface area contributed by atoms with E-state index in [1.165, 1.54) is 50.0 Å². The number of aliphatic hydroxyl groups is 1. The van der Waals surface area contributed by atoms with Crippen LogP contribution in [0.4, 0.5) is 0 Å². The van der Waals surface area contributed by atoms with Crippen LogP contribution in [-0.4, -0.2) is 48.5 Å². The third kappa shape index (κ3) is 5.47. The average molecular weight is 273 g/mol. The van der Waals surface area contributed by atoms with Gasteiger partial charge in [0.25, 0.3) is 0 Å². The number of ether oxygens (including phenoxy) is 1. The third-order valence-electron chi connectivity index (χ3n) is 3.91. The molecule has 106 valence electrons. The fraction of sp³-hybridized carbons (Fsp3) is 1.00. The molecule has 1 aliphatic carbocycles. The highest BCUT2D eigenvalue weighted by Gasteiger charge is 2.17. The monoisotopic (exact) mass is 273 g/mol. The van der Waals surface area contributed by atoms with Gasteiger partial charge in [-0.05, 0) is 43.2 Å². The van der Waals surface area contributed by atoms with Crippen LogP contribution in [0.5, 0.6) is 0 Å². The highest BCUT2D eigenvalue weighted by Crippen LogP contribution is 2.22. The summed E-state index contributed by atoms with van der Waals surface area (Å²) < 4.78 is 5.77. The molecule has 2 rings (SSSR count). The molecule has 0 radical (unpaired) electrons. The summed E-state index contributed by atoms with van der Waals surface area (Å²) in [7, 11) is 0. The molecule has 1 saturated carbocycles. The lowest BCUT2D eigenvalue weighted by atomic mass is 9.98. The van der Waals surface area contributed by atoms with E-state index in [9.17, 15) is 5.11 Å². The third-order valence-corrected chi connectivity index (χ3v) is 5.14. The smallest absolute Gasteiger partial charge is 0.0897 e. The van der Waals surface area contributed by atoms with Crippen molar-refractivity contribution >= 4 is 11.8 Å². The van der Waals surface area contributed by atoms with Gasteiger partial charge in [-0.15, -0.1) is 0 Å². The first-order valence-corrected chi connectivity index (χ1v) is 8.58. The van der Waals surface area contributed by atoms with E-state index >= 15 is 0 Å². The second-order valence-corrected chi connectivity index (χ2v) is 6.78. The Kier molecular flexibility index (Phi) is 6.84. The average Bonchev–Trinajstić information content (AvgIpc) is 2.91. The minimum Gasteiger partial charge on any atom is -0.389 e. The molecule has 1 heterocycles. The zero-order chi connectivity index (χ0) is 12.6. The summed E-state index contributed by atoms with van der Waals surface area (Å²) in [6.45, 7) is 2.22. The van der Waals surface area contributed by atoms with Crippen LogP contribution in [-0.2, 0) is 4.74 Å². The number of rotatable bonds is 7. The maximum absolute atomic E-state index is 9.86. The topological polar surface area (TPSA) is 41.5 Å². The summed E-state index contributed by atoms with van der Waals surface area (Å²) in [4.78, 5) is 0. The second kappa shape index (κ2) is 8.41. The lowest BCUT2D eigenvalue weighted by Gasteiger charge is -2.23. The predicted molar refractivity (Wildman–Crippen MR) is 77.1 cm³/mol. The van der Waals surface area contributed by atoms with Crippen LogP contribution in [0, 0.1) is 5.92 Å². The van der Waals surface area contributed by atoms with Crippen molar-refractivity contribution in [3.8, 4) is 0 Å². The van der Waals surface area contributed by atoms with Gasteiger partial charge < -0.3 is 15.2 Å². The summed E-state index contributed by atoms with van der Waals surface area (Å²) in [5.74, 6) is 3.39. The molecular formula is C14H27NO2S. The molecule has 0 aromatic carbocycles. The van der Waals surface area contributed by atoms with Crippen molar-refractivity contribution in [3.63, 3.8) is 0 Å². The maximum Gasteiger partial charge on any atom is 0.0897 e. The lowest BCUT2D eigenvalue weighted by molar-refractivity contribution is -0.0230. The van der Waals surface area contributed by atoms with Crippen LogP contribution in [0.25, 0.3) is 0 Å². The van der Waals surface area contributed by atoms with Gasteiger partial charge in [-0.25, -0.2) is 0 Å². The molecule has 2 unspecified atom stereocenters. The van der Waals surface area contributed by atoms with Crippen LogP contribution in [0.2, 0.25) is 0 Å². The number of hydrogen-bond donors (Lipinski definition) is 2. The van der Waals surface area contributed by atoms with Crippen LogP contribution in [0.15, 0.2) is 0 Å². The Morgan fingerprint density at radius 1 is 1.22 bits per heavy atom. The fourth-order valence-electron chi connectivity index (χ4n) is 2.74. The van der Waals surface area contributed by atoms with Crippen molar-refractivity contribution in [3.05, 3.63) is 0 Å². The van der Waals surface area contributed by atoms with Crippen molar-refractivity contribution in [1.82, 2.24) is 5.32 Å². The summed E-state index contributed by atoms with van der Waals surface area (Å²) >= 11 is 2.04. The van der Waals surface area contributed by atoms with Crippen molar-refractivity contribution in [2.75, 3.05) is 31.2 Å². The first-order chi connectivity index (χ1) is 8.84. The molecule has 2 atom stereocenters. The molecule has 4 heteroatoms. The summed E-state index contributed by atoms with van der Waals surface area (Å²) in [5.41, 5.74) is 0. The van der Waals surface area contributed by atoms with E-state index in [2.05, 4.69) is 5.32 Å². The van der Waals surface area contributed by atoms with Gasteiger partial charge in [-0.1, -0.05) is 19.3 Å². The lowest BCUT2D eigenvalue weighted by Crippen LogP contribution is -2.34. The van der Waals surface area contributed by atoms with E-state index < -0.39 is 0 Å². The van der Waals surface area contributed by atoms with Crippen LogP contribution >= 0.6 is 11.8 Å². The molecule has 2 fully saturated rings. The summed E-state index contributed by atoms with van der Waals surface area (Å²) in [6.07, 6.45) is 7.67. The van der Waals surface area contributed by atoms with Gasteiger partial charge in [-0.3, -0.25) is 0 Å². The van der Waals surface area contributed by atoms with E-state index in [-0.39, 0.29) is 6.10 Å². The van der Waals surface area contributed by atoms with Crippen molar-refractivity contribution in [2.24, 2.45) is 5.92 Å². The Bertz CT molecular complexity index is 216. The molecule has 0 bridgehead atoms. The number of nitrogens with one attached hydrogen (secondary N) is 1. The Labute approximate surface area is 115 Å². The molecular weight excluding hydrogens is 246 g/mol. The minimum atomic E-state index is -0.346. The molecule has 1 saturated heterocycles. The van der Waals surface area contributed by atoms with Gasteiger partial charge in [-0.2, -0.15) is 11.8 Å². The fourth-order valence-corrected chi connectivity index (χ4v) is 4.02. The van der Waals surface area contributed by atoms with Gasteiger partial charge in [0.1, 0.15) is 0 Å². The maximum atomic E-state index is 9.86. The van der Waals surface area contributed by atoms with E-state index in [0.29, 0.717) is 19.3 Å². The van der Waals surface area contributed by atoms with E-state index in [1.54, 1.807) is 0 Å². The Morgan fingerprint density at radius 2 is 2.06 bits per heavy atom. The molecule has 0 spiro atoms. The molecule has 1 aliphatic heterocycles. The highest BCUT2D eigenvalue weighted by atomic mass is 32.2. The molecule has 18 heavy (non-hydrogen) atoms. The van der Waals surface area contributed by atoms with Crippen LogP contribution < -0.4 is 5.32 Å². The second-order valence-electron chi connectivity index (χ2n) is 5.64. The normalized spacial score (nSPS) is 27.5. The highest BCUT2D eigenvalue weighted by molar-refractivity contribution is 7.99. The molecule has 0 aromatic rings. The molecule has 0 amide bonds. The summed E-state index contributed by atoms with van der Waals surface area (Å²) in [6, 6.07) is 0. The van der Waals surface area contributed by atoms with Crippen LogP contribution in [0.1, 0.15) is 38.5 Å². The molecule has 2 N–H and O–H groups in total. The number of hydrogen-bond acceptors (Lipinski definition) is 4. The van der Waals surface area contributed by atoms with Crippen molar-refractivity contribution in [2.45, 2.75) is 50.7 Å². The van der Waals surface area contributed by atoms with Crippen LogP contribution in [0.3, 0.4) is 0 Å². The first kappa shape index (κ1) is 14.6. The van der Waals surface area contributed by atoms with Gasteiger partial charge in [0.15, 0.2) is 0 Å². The number of aliphatic hydroxyl groups excluding tert-OH is 1. The molecule has 2 aliphatic rings. The standard InChI is InChI=1S/C14H27NO2S/c16-13(9-15-8-12-6-7-18-11-12)10-17-14-4-2-1-3-5-14/h12-16H,1-11H2. The van der Waals surface area contributed by atoms with Crippen molar-refractivity contribution < 1.29 is 9.84 Å². The van der Waals surface area contributed by atoms with Crippen molar-refractivity contribution in [1.29, 1.82) is 0 Å². The quantitative estimate of drug-likeness (QED) is 0.745. The summed E-state index contributed by atoms with van der Waals surface area (Å²) in [5, 5.41) is 13.2. The zero-order valence-electron chi connectivity index (χ0n) is 11.3. The van der Waals surface area contributed by atoms with Gasteiger partial charge in [0, 0.05) is 6.54 Å². The van der Waals surface area contributed by atoms with Gasteiger partial charge >= 0.3 is 0 Å². The van der Waals surface area contributed by atoms with Gasteiger partial charge in [0.2, 0.25) is 0 Å². The predicted octanol–water partition coefficient (Wildman–Crippen LogP) is 2.04. The largest absolute Gasteiger partial charge is 0.389 e. The number of thioether (sulfide) groups is 1. The first-order valence-electron chi connectivity index (χ1n) is 7.42.